The fraction of sp³-hybridized carbons (Fsp3) is 0.909. The van der Waals surface area contributed by atoms with E-state index in [0.717, 1.165) is 65.1 Å². The molecule has 0 aliphatic carbocycles. The van der Waals surface area contributed by atoms with Gasteiger partial charge in [0.05, 0.1) is 5.60 Å². The second-order valence-electron chi connectivity index (χ2n) is 4.89. The molecule has 0 bridgehead atoms. The molecular weight excluding hydrogens is 206 g/mol. The SMILES string of the molecule is O=CN1CCN(CC2(O)CCNCC2)CC1. The zero-order valence-electron chi connectivity index (χ0n) is 9.69. The van der Waals surface area contributed by atoms with E-state index in [0.29, 0.717) is 0 Å². The average molecular weight is 227 g/mol. The van der Waals surface area contributed by atoms with Gasteiger partial charge in [-0.25, -0.2) is 0 Å². The van der Waals surface area contributed by atoms with Crippen molar-refractivity contribution in [1.82, 2.24) is 15.1 Å². The Labute approximate surface area is 96.4 Å². The van der Waals surface area contributed by atoms with E-state index in [1.165, 1.54) is 0 Å². The minimum absolute atomic E-state index is 0.519. The van der Waals surface area contributed by atoms with Crippen LogP contribution < -0.4 is 5.32 Å². The highest BCUT2D eigenvalue weighted by atomic mass is 16.3. The number of nitrogens with zero attached hydrogens (tertiary/aromatic N) is 2. The van der Waals surface area contributed by atoms with Gasteiger partial charge in [-0.2, -0.15) is 0 Å². The first-order valence-electron chi connectivity index (χ1n) is 6.07. The summed E-state index contributed by atoms with van der Waals surface area (Å²) in [7, 11) is 0. The van der Waals surface area contributed by atoms with Gasteiger partial charge in [-0.15, -0.1) is 0 Å². The lowest BCUT2D eigenvalue weighted by molar-refractivity contribution is -0.120. The van der Waals surface area contributed by atoms with Crippen LogP contribution in [0.5, 0.6) is 0 Å². The Morgan fingerprint density at radius 3 is 2.38 bits per heavy atom. The predicted octanol–water partition coefficient (Wildman–Crippen LogP) is -1.13. The summed E-state index contributed by atoms with van der Waals surface area (Å²) in [4.78, 5) is 14.6. The number of amides is 1. The number of carbonyl (C=O) groups excluding carboxylic acids is 1. The van der Waals surface area contributed by atoms with Crippen molar-refractivity contribution in [3.63, 3.8) is 0 Å². The Morgan fingerprint density at radius 2 is 1.81 bits per heavy atom. The molecule has 2 rings (SSSR count). The van der Waals surface area contributed by atoms with Crippen molar-refractivity contribution < 1.29 is 9.90 Å². The number of carbonyl (C=O) groups is 1. The van der Waals surface area contributed by atoms with Crippen LogP contribution in [0.25, 0.3) is 0 Å². The van der Waals surface area contributed by atoms with Crippen LogP contribution in [0, 0.1) is 0 Å². The molecule has 0 aromatic heterocycles. The fourth-order valence-corrected chi connectivity index (χ4v) is 2.49. The molecule has 0 radical (unpaired) electrons. The predicted molar refractivity (Wildman–Crippen MR) is 61.1 cm³/mol. The lowest BCUT2D eigenvalue weighted by atomic mass is 9.91. The summed E-state index contributed by atoms with van der Waals surface area (Å²) in [5, 5.41) is 13.6. The molecule has 0 aromatic rings. The molecule has 0 unspecified atom stereocenters. The van der Waals surface area contributed by atoms with Gasteiger partial charge in [-0.3, -0.25) is 9.69 Å². The third kappa shape index (κ3) is 2.93. The van der Waals surface area contributed by atoms with Crippen LogP contribution >= 0.6 is 0 Å². The van der Waals surface area contributed by atoms with Gasteiger partial charge in [0, 0.05) is 32.7 Å². The Kier molecular flexibility index (Phi) is 3.78. The lowest BCUT2D eigenvalue weighted by Gasteiger charge is -2.40. The molecule has 5 nitrogen and oxygen atoms in total. The molecule has 5 heteroatoms. The van der Waals surface area contributed by atoms with Crippen LogP contribution in [0.1, 0.15) is 12.8 Å². The molecule has 2 fully saturated rings. The summed E-state index contributed by atoms with van der Waals surface area (Å²) in [5.41, 5.74) is -0.519. The highest BCUT2D eigenvalue weighted by Gasteiger charge is 2.32. The van der Waals surface area contributed by atoms with Crippen molar-refractivity contribution in [2.75, 3.05) is 45.8 Å². The maximum absolute atomic E-state index is 10.6. The summed E-state index contributed by atoms with van der Waals surface area (Å²) in [6.45, 7) is 5.91. The maximum Gasteiger partial charge on any atom is 0.209 e. The lowest BCUT2D eigenvalue weighted by Crippen LogP contribution is -2.54. The van der Waals surface area contributed by atoms with Gasteiger partial charge >= 0.3 is 0 Å². The molecule has 92 valence electrons. The first-order valence-corrected chi connectivity index (χ1v) is 6.07. The van der Waals surface area contributed by atoms with Crippen molar-refractivity contribution in [1.29, 1.82) is 0 Å². The minimum Gasteiger partial charge on any atom is -0.388 e. The summed E-state index contributed by atoms with van der Waals surface area (Å²) in [6.07, 6.45) is 2.58. The largest absolute Gasteiger partial charge is 0.388 e. The van der Waals surface area contributed by atoms with Gasteiger partial charge < -0.3 is 15.3 Å². The van der Waals surface area contributed by atoms with Crippen molar-refractivity contribution in [2.24, 2.45) is 0 Å². The minimum atomic E-state index is -0.519. The molecule has 2 aliphatic heterocycles. The van der Waals surface area contributed by atoms with E-state index in [-0.39, 0.29) is 0 Å². The Hall–Kier alpha value is -0.650. The van der Waals surface area contributed by atoms with Gasteiger partial charge in [-0.05, 0) is 25.9 Å². The fourth-order valence-electron chi connectivity index (χ4n) is 2.49. The summed E-state index contributed by atoms with van der Waals surface area (Å²) < 4.78 is 0. The number of β-amino-alcohol motifs (C(OH)–C–C–N with tert-alkyl or cyclic N) is 1. The standard InChI is InChI=1S/C11H21N3O2/c15-10-14-7-5-13(6-8-14)9-11(16)1-3-12-4-2-11/h10,12,16H,1-9H2. The van der Waals surface area contributed by atoms with Crippen molar-refractivity contribution >= 4 is 6.41 Å². The van der Waals surface area contributed by atoms with Gasteiger partial charge in [0.2, 0.25) is 6.41 Å². The van der Waals surface area contributed by atoms with Gasteiger partial charge in [0.25, 0.3) is 0 Å². The summed E-state index contributed by atoms with van der Waals surface area (Å²) in [5.74, 6) is 0. The molecule has 2 N–H and O–H groups in total. The molecule has 2 saturated heterocycles. The van der Waals surface area contributed by atoms with Crippen molar-refractivity contribution in [2.45, 2.75) is 18.4 Å². The van der Waals surface area contributed by atoms with E-state index in [9.17, 15) is 9.90 Å². The molecule has 0 saturated carbocycles. The molecule has 0 aromatic carbocycles. The topological polar surface area (TPSA) is 55.8 Å². The van der Waals surface area contributed by atoms with E-state index in [1.54, 1.807) is 4.90 Å². The zero-order chi connectivity index (χ0) is 11.4. The highest BCUT2D eigenvalue weighted by molar-refractivity contribution is 5.47. The summed E-state index contributed by atoms with van der Waals surface area (Å²) >= 11 is 0. The van der Waals surface area contributed by atoms with Crippen LogP contribution in [0.2, 0.25) is 0 Å². The molecule has 16 heavy (non-hydrogen) atoms. The number of aliphatic hydroxyl groups is 1. The first kappa shape index (κ1) is 11.8. The summed E-state index contributed by atoms with van der Waals surface area (Å²) in [6, 6.07) is 0. The van der Waals surface area contributed by atoms with E-state index >= 15 is 0 Å². The second-order valence-corrected chi connectivity index (χ2v) is 4.89. The maximum atomic E-state index is 10.6. The van der Waals surface area contributed by atoms with Crippen LogP contribution in [-0.4, -0.2) is 72.7 Å². The average Bonchev–Trinajstić information content (AvgIpc) is 2.30. The van der Waals surface area contributed by atoms with E-state index in [1.807, 2.05) is 0 Å². The number of nitrogens with one attached hydrogen (secondary N) is 1. The normalized spacial score (nSPS) is 26.7. The van der Waals surface area contributed by atoms with Gasteiger partial charge in [0.1, 0.15) is 0 Å². The highest BCUT2D eigenvalue weighted by Crippen LogP contribution is 2.19. The third-order valence-corrected chi connectivity index (χ3v) is 3.61. The molecule has 0 atom stereocenters. The number of piperidine rings is 1. The number of hydrogen-bond donors (Lipinski definition) is 2. The quantitative estimate of drug-likeness (QED) is 0.599. The molecule has 2 heterocycles. The Balaban J connectivity index is 1.79. The molecule has 2 aliphatic rings. The van der Waals surface area contributed by atoms with Crippen LogP contribution in [-0.2, 0) is 4.79 Å². The van der Waals surface area contributed by atoms with Gasteiger partial charge in [-0.1, -0.05) is 0 Å². The number of hydrogen-bond acceptors (Lipinski definition) is 4. The second kappa shape index (κ2) is 5.12. The van der Waals surface area contributed by atoms with Crippen LogP contribution in [0.4, 0.5) is 0 Å². The molecule has 0 spiro atoms. The third-order valence-electron chi connectivity index (χ3n) is 3.61. The monoisotopic (exact) mass is 227 g/mol. The van der Waals surface area contributed by atoms with Crippen LogP contribution in [0.15, 0.2) is 0 Å². The van der Waals surface area contributed by atoms with E-state index < -0.39 is 5.60 Å². The zero-order valence-corrected chi connectivity index (χ0v) is 9.69. The van der Waals surface area contributed by atoms with Crippen LogP contribution in [0.3, 0.4) is 0 Å². The van der Waals surface area contributed by atoms with E-state index in [4.69, 9.17) is 0 Å². The smallest absolute Gasteiger partial charge is 0.209 e. The molecule has 1 amide bonds. The Morgan fingerprint density at radius 1 is 1.19 bits per heavy atom. The molecular formula is C11H21N3O2. The Bertz CT molecular complexity index is 233. The number of rotatable bonds is 3. The van der Waals surface area contributed by atoms with Crippen molar-refractivity contribution in [3.8, 4) is 0 Å². The van der Waals surface area contributed by atoms with Crippen molar-refractivity contribution in [3.05, 3.63) is 0 Å². The first-order chi connectivity index (χ1) is 7.72. The van der Waals surface area contributed by atoms with E-state index in [2.05, 4.69) is 10.2 Å². The van der Waals surface area contributed by atoms with Gasteiger partial charge in [0.15, 0.2) is 0 Å². The number of piperazine rings is 1.